The largest absolute Gasteiger partial charge is 0.353 e. The van der Waals surface area contributed by atoms with Crippen LogP contribution in [-0.4, -0.2) is 37.8 Å². The fourth-order valence-corrected chi connectivity index (χ4v) is 4.65. The number of nitrogens with one attached hydrogen (secondary N) is 1. The molecule has 1 saturated heterocycles. The molecule has 2 fully saturated rings. The summed E-state index contributed by atoms with van der Waals surface area (Å²) in [7, 11) is -3.48. The molecule has 25 heavy (non-hydrogen) atoms. The van der Waals surface area contributed by atoms with E-state index in [1.165, 1.54) is 4.31 Å². The molecule has 1 heterocycles. The number of sulfonamides is 1. The summed E-state index contributed by atoms with van der Waals surface area (Å²) in [6.07, 6.45) is 3.34. The molecule has 0 atom stereocenters. The van der Waals surface area contributed by atoms with Crippen molar-refractivity contribution in [3.05, 3.63) is 29.8 Å². The van der Waals surface area contributed by atoms with Crippen molar-refractivity contribution < 1.29 is 13.2 Å². The Bertz CT molecular complexity index is 723. The lowest BCUT2D eigenvalue weighted by Gasteiger charge is -2.30. The first kappa shape index (κ1) is 18.4. The molecule has 0 radical (unpaired) electrons. The molecule has 5 nitrogen and oxygen atoms in total. The summed E-state index contributed by atoms with van der Waals surface area (Å²) in [6.45, 7) is 7.13. The van der Waals surface area contributed by atoms with Gasteiger partial charge in [0.25, 0.3) is 0 Å². The summed E-state index contributed by atoms with van der Waals surface area (Å²) in [5.74, 6) is 0.0318. The molecule has 1 aliphatic carbocycles. The van der Waals surface area contributed by atoms with E-state index in [-0.39, 0.29) is 17.2 Å². The molecule has 1 aliphatic heterocycles. The second-order valence-corrected chi connectivity index (χ2v) is 10.2. The maximum absolute atomic E-state index is 12.8. The van der Waals surface area contributed by atoms with E-state index in [1.54, 1.807) is 12.1 Å². The van der Waals surface area contributed by atoms with Gasteiger partial charge in [0.05, 0.1) is 4.90 Å². The van der Waals surface area contributed by atoms with Crippen LogP contribution in [0, 0.1) is 5.92 Å². The summed E-state index contributed by atoms with van der Waals surface area (Å²) in [5.41, 5.74) is 1.11. The van der Waals surface area contributed by atoms with Gasteiger partial charge in [-0.15, -0.1) is 0 Å². The van der Waals surface area contributed by atoms with Gasteiger partial charge in [-0.05, 0) is 48.8 Å². The van der Waals surface area contributed by atoms with E-state index in [9.17, 15) is 13.2 Å². The second-order valence-electron chi connectivity index (χ2n) is 8.24. The van der Waals surface area contributed by atoms with Crippen molar-refractivity contribution in [2.24, 2.45) is 5.92 Å². The van der Waals surface area contributed by atoms with Crippen LogP contribution in [0.3, 0.4) is 0 Å². The number of carbonyl (C=O) groups excluding carboxylic acids is 1. The van der Waals surface area contributed by atoms with Crippen molar-refractivity contribution in [3.63, 3.8) is 0 Å². The third-order valence-corrected chi connectivity index (χ3v) is 7.02. The predicted molar refractivity (Wildman–Crippen MR) is 97.8 cm³/mol. The zero-order valence-electron chi connectivity index (χ0n) is 15.3. The van der Waals surface area contributed by atoms with Crippen LogP contribution in [-0.2, 0) is 20.2 Å². The number of nitrogens with zero attached hydrogens (tertiary/aromatic N) is 1. The molecular formula is C19H28N2O3S. The predicted octanol–water partition coefficient (Wildman–Crippen LogP) is 2.66. The summed E-state index contributed by atoms with van der Waals surface area (Å²) < 4.78 is 27.2. The van der Waals surface area contributed by atoms with Gasteiger partial charge >= 0.3 is 0 Å². The number of hydrogen-bond donors (Lipinski definition) is 1. The average Bonchev–Trinajstić information content (AvgIpc) is 3.38. The average molecular weight is 365 g/mol. The lowest BCUT2D eigenvalue weighted by atomic mass is 9.87. The van der Waals surface area contributed by atoms with Crippen LogP contribution < -0.4 is 5.32 Å². The SMILES string of the molecule is CC(C)(C)c1ccc(S(=O)(=O)N2CCC(C(=O)NC3CC3)CC2)cc1. The van der Waals surface area contributed by atoms with Gasteiger partial charge in [0.1, 0.15) is 0 Å². The zero-order chi connectivity index (χ0) is 18.2. The Labute approximate surface area is 150 Å². The zero-order valence-corrected chi connectivity index (χ0v) is 16.1. The molecule has 1 aromatic carbocycles. The van der Waals surface area contributed by atoms with Crippen LogP contribution in [0.25, 0.3) is 0 Å². The van der Waals surface area contributed by atoms with Crippen molar-refractivity contribution in [1.82, 2.24) is 9.62 Å². The van der Waals surface area contributed by atoms with E-state index in [4.69, 9.17) is 0 Å². The number of piperidine rings is 1. The van der Waals surface area contributed by atoms with Crippen molar-refractivity contribution in [1.29, 1.82) is 0 Å². The molecule has 1 N–H and O–H groups in total. The molecule has 0 unspecified atom stereocenters. The minimum absolute atomic E-state index is 0.00441. The first-order chi connectivity index (χ1) is 11.7. The van der Waals surface area contributed by atoms with E-state index >= 15 is 0 Å². The smallest absolute Gasteiger partial charge is 0.243 e. The van der Waals surface area contributed by atoms with Crippen molar-refractivity contribution in [3.8, 4) is 0 Å². The Balaban J connectivity index is 1.64. The van der Waals surface area contributed by atoms with Crippen LogP contribution in [0.5, 0.6) is 0 Å². The Morgan fingerprint density at radius 2 is 1.60 bits per heavy atom. The molecule has 0 spiro atoms. The quantitative estimate of drug-likeness (QED) is 0.893. The van der Waals surface area contributed by atoms with E-state index in [0.29, 0.717) is 36.9 Å². The standard InChI is InChI=1S/C19H28N2O3S/c1-19(2,3)15-4-8-17(9-5-15)25(23,24)21-12-10-14(11-13-21)18(22)20-16-6-7-16/h4-5,8-9,14,16H,6-7,10-13H2,1-3H3,(H,20,22). The van der Waals surface area contributed by atoms with Gasteiger partial charge in [0.2, 0.25) is 15.9 Å². The normalized spacial score (nSPS) is 20.4. The first-order valence-corrected chi connectivity index (χ1v) is 10.5. The minimum atomic E-state index is -3.48. The summed E-state index contributed by atoms with van der Waals surface area (Å²) >= 11 is 0. The molecule has 2 aliphatic rings. The summed E-state index contributed by atoms with van der Waals surface area (Å²) in [6, 6.07) is 7.53. The van der Waals surface area contributed by atoms with E-state index < -0.39 is 10.0 Å². The van der Waals surface area contributed by atoms with Crippen molar-refractivity contribution >= 4 is 15.9 Å². The third kappa shape index (κ3) is 4.23. The molecule has 6 heteroatoms. The molecular weight excluding hydrogens is 336 g/mol. The number of amides is 1. The number of benzene rings is 1. The van der Waals surface area contributed by atoms with Gasteiger partial charge in [0, 0.05) is 25.0 Å². The van der Waals surface area contributed by atoms with Crippen molar-refractivity contribution in [2.45, 2.75) is 62.8 Å². The van der Waals surface area contributed by atoms with E-state index in [1.807, 2.05) is 12.1 Å². The highest BCUT2D eigenvalue weighted by atomic mass is 32.2. The summed E-state index contributed by atoms with van der Waals surface area (Å²) in [5, 5.41) is 3.02. The molecule has 1 saturated carbocycles. The summed E-state index contributed by atoms with van der Waals surface area (Å²) in [4.78, 5) is 12.5. The monoisotopic (exact) mass is 364 g/mol. The highest BCUT2D eigenvalue weighted by molar-refractivity contribution is 7.89. The maximum Gasteiger partial charge on any atom is 0.243 e. The Morgan fingerprint density at radius 3 is 2.08 bits per heavy atom. The van der Waals surface area contributed by atoms with Crippen LogP contribution in [0.4, 0.5) is 0 Å². The van der Waals surface area contributed by atoms with Gasteiger partial charge in [0.15, 0.2) is 0 Å². The van der Waals surface area contributed by atoms with E-state index in [0.717, 1.165) is 18.4 Å². The van der Waals surface area contributed by atoms with Crippen LogP contribution in [0.1, 0.15) is 52.0 Å². The lowest BCUT2D eigenvalue weighted by Crippen LogP contribution is -2.43. The van der Waals surface area contributed by atoms with Gasteiger partial charge in [-0.25, -0.2) is 8.42 Å². The fourth-order valence-electron chi connectivity index (χ4n) is 3.18. The molecule has 0 aromatic heterocycles. The Hall–Kier alpha value is -1.40. The maximum atomic E-state index is 12.8. The number of hydrogen-bond acceptors (Lipinski definition) is 3. The van der Waals surface area contributed by atoms with Gasteiger partial charge in [-0.3, -0.25) is 4.79 Å². The third-order valence-electron chi connectivity index (χ3n) is 5.11. The molecule has 3 rings (SSSR count). The first-order valence-electron chi connectivity index (χ1n) is 9.09. The molecule has 1 aromatic rings. The van der Waals surface area contributed by atoms with Gasteiger partial charge in [-0.2, -0.15) is 4.31 Å². The molecule has 1 amide bonds. The number of rotatable bonds is 4. The van der Waals surface area contributed by atoms with Crippen LogP contribution >= 0.6 is 0 Å². The Kier molecular flexibility index (Phi) is 4.95. The highest BCUT2D eigenvalue weighted by Crippen LogP contribution is 2.28. The van der Waals surface area contributed by atoms with Crippen LogP contribution in [0.15, 0.2) is 29.2 Å². The fraction of sp³-hybridized carbons (Fsp3) is 0.632. The minimum Gasteiger partial charge on any atom is -0.353 e. The Morgan fingerprint density at radius 1 is 1.04 bits per heavy atom. The van der Waals surface area contributed by atoms with Gasteiger partial charge < -0.3 is 5.32 Å². The van der Waals surface area contributed by atoms with E-state index in [2.05, 4.69) is 26.1 Å². The highest BCUT2D eigenvalue weighted by Gasteiger charge is 2.34. The molecule has 0 bridgehead atoms. The van der Waals surface area contributed by atoms with Crippen LogP contribution in [0.2, 0.25) is 0 Å². The topological polar surface area (TPSA) is 66.5 Å². The van der Waals surface area contributed by atoms with Gasteiger partial charge in [-0.1, -0.05) is 32.9 Å². The molecule has 138 valence electrons. The number of carbonyl (C=O) groups is 1. The lowest BCUT2D eigenvalue weighted by molar-refractivity contribution is -0.126. The second kappa shape index (κ2) is 6.72. The van der Waals surface area contributed by atoms with Crippen molar-refractivity contribution in [2.75, 3.05) is 13.1 Å².